The highest BCUT2D eigenvalue weighted by atomic mass is 16.5. The number of pyridine rings is 1. The van der Waals surface area contributed by atoms with E-state index in [1.165, 1.54) is 6.42 Å². The van der Waals surface area contributed by atoms with Crippen LogP contribution >= 0.6 is 0 Å². The van der Waals surface area contributed by atoms with E-state index in [9.17, 15) is 0 Å². The fraction of sp³-hybridized carbons (Fsp3) is 0.562. The monoisotopic (exact) mass is 286 g/mol. The SMILES string of the molecule is CCCCn1nc(Cc2cccnc2)nc1C1CCOC1. The van der Waals surface area contributed by atoms with E-state index >= 15 is 0 Å². The predicted molar refractivity (Wildman–Crippen MR) is 80.2 cm³/mol. The molecule has 0 aliphatic carbocycles. The lowest BCUT2D eigenvalue weighted by Gasteiger charge is -2.08. The van der Waals surface area contributed by atoms with Crippen molar-refractivity contribution in [2.75, 3.05) is 13.2 Å². The third-order valence-electron chi connectivity index (χ3n) is 3.85. The molecule has 1 saturated heterocycles. The number of unbranched alkanes of at least 4 members (excludes halogenated alkanes) is 1. The molecule has 0 saturated carbocycles. The van der Waals surface area contributed by atoms with Crippen molar-refractivity contribution < 1.29 is 4.74 Å². The highest BCUT2D eigenvalue weighted by Gasteiger charge is 2.24. The average Bonchev–Trinajstić information content (AvgIpc) is 3.15. The van der Waals surface area contributed by atoms with E-state index in [1.807, 2.05) is 12.3 Å². The number of aryl methyl sites for hydroxylation is 1. The topological polar surface area (TPSA) is 52.8 Å². The van der Waals surface area contributed by atoms with Crippen LogP contribution in [-0.4, -0.2) is 33.0 Å². The second-order valence-electron chi connectivity index (χ2n) is 5.56. The van der Waals surface area contributed by atoms with Gasteiger partial charge in [-0.25, -0.2) is 9.67 Å². The molecule has 5 nitrogen and oxygen atoms in total. The van der Waals surface area contributed by atoms with Crippen molar-refractivity contribution in [3.63, 3.8) is 0 Å². The Hall–Kier alpha value is -1.75. The van der Waals surface area contributed by atoms with Crippen molar-refractivity contribution in [3.8, 4) is 0 Å². The molecule has 1 unspecified atom stereocenters. The van der Waals surface area contributed by atoms with Crippen molar-refractivity contribution in [3.05, 3.63) is 41.7 Å². The highest BCUT2D eigenvalue weighted by molar-refractivity contribution is 5.15. The van der Waals surface area contributed by atoms with Crippen molar-refractivity contribution in [1.82, 2.24) is 19.7 Å². The third-order valence-corrected chi connectivity index (χ3v) is 3.85. The second kappa shape index (κ2) is 6.80. The Morgan fingerprint density at radius 3 is 3.10 bits per heavy atom. The van der Waals surface area contributed by atoms with Gasteiger partial charge in [0.15, 0.2) is 5.82 Å². The average molecular weight is 286 g/mol. The Labute approximate surface area is 125 Å². The molecule has 112 valence electrons. The minimum Gasteiger partial charge on any atom is -0.381 e. The number of rotatable bonds is 6. The first-order valence-corrected chi connectivity index (χ1v) is 7.77. The van der Waals surface area contributed by atoms with Crippen LogP contribution in [0.5, 0.6) is 0 Å². The molecular weight excluding hydrogens is 264 g/mol. The van der Waals surface area contributed by atoms with Gasteiger partial charge in [0.1, 0.15) is 5.82 Å². The van der Waals surface area contributed by atoms with Crippen LogP contribution in [0.1, 0.15) is 49.3 Å². The summed E-state index contributed by atoms with van der Waals surface area (Å²) in [6.07, 6.45) is 7.77. The summed E-state index contributed by atoms with van der Waals surface area (Å²) in [4.78, 5) is 8.94. The normalized spacial score (nSPS) is 18.2. The summed E-state index contributed by atoms with van der Waals surface area (Å²) < 4.78 is 7.60. The fourth-order valence-electron chi connectivity index (χ4n) is 2.68. The van der Waals surface area contributed by atoms with Crippen molar-refractivity contribution in [2.24, 2.45) is 0 Å². The Morgan fingerprint density at radius 2 is 2.38 bits per heavy atom. The predicted octanol–water partition coefficient (Wildman–Crippen LogP) is 2.57. The molecule has 0 radical (unpaired) electrons. The van der Waals surface area contributed by atoms with Crippen LogP contribution in [0.2, 0.25) is 0 Å². The van der Waals surface area contributed by atoms with Crippen molar-refractivity contribution in [1.29, 1.82) is 0 Å². The van der Waals surface area contributed by atoms with Gasteiger partial charge < -0.3 is 4.74 Å². The molecule has 2 aromatic heterocycles. The summed E-state index contributed by atoms with van der Waals surface area (Å²) >= 11 is 0. The van der Waals surface area contributed by atoms with Crippen molar-refractivity contribution in [2.45, 2.75) is 45.1 Å². The lowest BCUT2D eigenvalue weighted by Crippen LogP contribution is -2.10. The number of ether oxygens (including phenoxy) is 1. The van der Waals surface area contributed by atoms with E-state index in [-0.39, 0.29) is 0 Å². The van der Waals surface area contributed by atoms with Gasteiger partial charge in [-0.1, -0.05) is 19.4 Å². The van der Waals surface area contributed by atoms with E-state index in [0.29, 0.717) is 5.92 Å². The number of aromatic nitrogens is 4. The fourth-order valence-corrected chi connectivity index (χ4v) is 2.68. The summed E-state index contributed by atoms with van der Waals surface area (Å²) in [5, 5.41) is 4.71. The molecule has 3 rings (SSSR count). The number of hydrogen-bond donors (Lipinski definition) is 0. The van der Waals surface area contributed by atoms with E-state index in [1.54, 1.807) is 6.20 Å². The summed E-state index contributed by atoms with van der Waals surface area (Å²) in [5.74, 6) is 2.39. The van der Waals surface area contributed by atoms with Crippen LogP contribution < -0.4 is 0 Å². The van der Waals surface area contributed by atoms with Gasteiger partial charge in [0.2, 0.25) is 0 Å². The Balaban J connectivity index is 1.80. The molecule has 21 heavy (non-hydrogen) atoms. The van der Waals surface area contributed by atoms with Crippen molar-refractivity contribution >= 4 is 0 Å². The van der Waals surface area contributed by atoms with Gasteiger partial charge in [0.05, 0.1) is 6.61 Å². The zero-order valence-corrected chi connectivity index (χ0v) is 12.5. The van der Waals surface area contributed by atoms with Crippen LogP contribution in [0.4, 0.5) is 0 Å². The first-order chi connectivity index (χ1) is 10.4. The molecular formula is C16H22N4O. The first kappa shape index (κ1) is 14.2. The second-order valence-corrected chi connectivity index (χ2v) is 5.56. The lowest BCUT2D eigenvalue weighted by molar-refractivity contribution is 0.192. The smallest absolute Gasteiger partial charge is 0.155 e. The summed E-state index contributed by atoms with van der Waals surface area (Å²) in [6, 6.07) is 4.02. The summed E-state index contributed by atoms with van der Waals surface area (Å²) in [7, 11) is 0. The standard InChI is InChI=1S/C16H22N4O/c1-2-3-8-20-16(14-6-9-21-12-14)18-15(19-20)10-13-5-4-7-17-11-13/h4-5,7,11,14H,2-3,6,8-10,12H2,1H3. The Bertz CT molecular complexity index is 561. The minimum absolute atomic E-state index is 0.400. The summed E-state index contributed by atoms with van der Waals surface area (Å²) in [5.41, 5.74) is 1.15. The molecule has 0 amide bonds. The van der Waals surface area contributed by atoms with Gasteiger partial charge in [0.25, 0.3) is 0 Å². The molecule has 0 aromatic carbocycles. The van der Waals surface area contributed by atoms with Gasteiger partial charge in [-0.15, -0.1) is 0 Å². The maximum atomic E-state index is 5.51. The quantitative estimate of drug-likeness (QED) is 0.819. The molecule has 0 N–H and O–H groups in total. The molecule has 3 heterocycles. The van der Waals surface area contributed by atoms with Crippen LogP contribution in [0.3, 0.4) is 0 Å². The van der Waals surface area contributed by atoms with Gasteiger partial charge >= 0.3 is 0 Å². The van der Waals surface area contributed by atoms with Gasteiger partial charge in [-0.05, 0) is 24.5 Å². The maximum Gasteiger partial charge on any atom is 0.155 e. The molecule has 1 aliphatic rings. The van der Waals surface area contributed by atoms with Crippen LogP contribution in [-0.2, 0) is 17.7 Å². The third kappa shape index (κ3) is 3.47. The minimum atomic E-state index is 0.400. The first-order valence-electron chi connectivity index (χ1n) is 7.77. The Morgan fingerprint density at radius 1 is 1.43 bits per heavy atom. The Kier molecular flexibility index (Phi) is 4.60. The molecule has 0 bridgehead atoms. The highest BCUT2D eigenvalue weighted by Crippen LogP contribution is 2.24. The molecule has 1 atom stereocenters. The molecule has 2 aromatic rings. The summed E-state index contributed by atoms with van der Waals surface area (Å²) in [6.45, 7) is 4.76. The maximum absolute atomic E-state index is 5.51. The van der Waals surface area contributed by atoms with Crippen LogP contribution in [0, 0.1) is 0 Å². The van der Waals surface area contributed by atoms with Crippen LogP contribution in [0.15, 0.2) is 24.5 Å². The molecule has 1 aliphatic heterocycles. The van der Waals surface area contributed by atoms with E-state index in [2.05, 4.69) is 22.7 Å². The zero-order chi connectivity index (χ0) is 14.5. The van der Waals surface area contributed by atoms with E-state index in [0.717, 1.165) is 56.2 Å². The number of hydrogen-bond acceptors (Lipinski definition) is 4. The number of nitrogens with zero attached hydrogens (tertiary/aromatic N) is 4. The largest absolute Gasteiger partial charge is 0.381 e. The van der Waals surface area contributed by atoms with Gasteiger partial charge in [0, 0.05) is 37.9 Å². The molecule has 0 spiro atoms. The molecule has 5 heteroatoms. The van der Waals surface area contributed by atoms with E-state index in [4.69, 9.17) is 14.8 Å². The van der Waals surface area contributed by atoms with Gasteiger partial charge in [-0.3, -0.25) is 4.98 Å². The van der Waals surface area contributed by atoms with Gasteiger partial charge in [-0.2, -0.15) is 5.10 Å². The zero-order valence-electron chi connectivity index (χ0n) is 12.5. The van der Waals surface area contributed by atoms with E-state index < -0.39 is 0 Å². The lowest BCUT2D eigenvalue weighted by atomic mass is 10.1. The molecule has 1 fully saturated rings. The van der Waals surface area contributed by atoms with Crippen LogP contribution in [0.25, 0.3) is 0 Å².